The number of aliphatic hydroxyl groups is 1. The van der Waals surface area contributed by atoms with Gasteiger partial charge in [0.1, 0.15) is 11.4 Å². The molecule has 2 rings (SSSR count). The molecule has 7 heteroatoms. The minimum atomic E-state index is -1.10. The fourth-order valence-electron chi connectivity index (χ4n) is 2.98. The van der Waals surface area contributed by atoms with Crippen molar-refractivity contribution in [3.8, 4) is 0 Å². The normalized spacial score (nSPS) is 19.3. The lowest BCUT2D eigenvalue weighted by Crippen LogP contribution is -2.44. The number of piperazine rings is 1. The van der Waals surface area contributed by atoms with Crippen molar-refractivity contribution in [3.05, 3.63) is 24.2 Å². The summed E-state index contributed by atoms with van der Waals surface area (Å²) in [5.41, 5.74) is -1.10. The van der Waals surface area contributed by atoms with E-state index in [1.165, 1.54) is 32.6 Å². The number of aliphatic imine (C=N–C) groups is 1. The molecule has 1 aliphatic heterocycles. The molecule has 1 atom stereocenters. The summed E-state index contributed by atoms with van der Waals surface area (Å²) in [6.07, 6.45) is 3.85. The molecule has 0 aliphatic carbocycles. The Morgan fingerprint density at radius 3 is 2.69 bits per heavy atom. The van der Waals surface area contributed by atoms with E-state index in [0.29, 0.717) is 5.76 Å². The van der Waals surface area contributed by atoms with Crippen LogP contribution in [-0.2, 0) is 5.60 Å². The summed E-state index contributed by atoms with van der Waals surface area (Å²) in [6, 6.07) is 3.55. The summed E-state index contributed by atoms with van der Waals surface area (Å²) in [5, 5.41) is 17.1. The molecule has 148 valence electrons. The molecule has 1 unspecified atom stereocenters. The van der Waals surface area contributed by atoms with Crippen LogP contribution < -0.4 is 10.6 Å². The summed E-state index contributed by atoms with van der Waals surface area (Å²) in [6.45, 7) is 11.5. The molecule has 0 amide bonds. The molecule has 0 bridgehead atoms. The number of hydrogen-bond donors (Lipinski definition) is 3. The van der Waals surface area contributed by atoms with Gasteiger partial charge in [0.15, 0.2) is 5.96 Å². The zero-order chi connectivity index (χ0) is 18.8. The van der Waals surface area contributed by atoms with Crippen molar-refractivity contribution in [3.63, 3.8) is 0 Å². The van der Waals surface area contributed by atoms with E-state index in [1.54, 1.807) is 25.3 Å². The maximum Gasteiger partial charge on any atom is 0.191 e. The van der Waals surface area contributed by atoms with Crippen LogP contribution in [0.4, 0.5) is 0 Å². The van der Waals surface area contributed by atoms with Gasteiger partial charge in [-0.3, -0.25) is 0 Å². The lowest BCUT2D eigenvalue weighted by Gasteiger charge is -2.32. The highest BCUT2D eigenvalue weighted by Gasteiger charge is 2.26. The Balaban J connectivity index is 1.68. The number of unbranched alkanes of at least 4 members (excludes halogenated alkanes) is 1. The van der Waals surface area contributed by atoms with Gasteiger partial charge >= 0.3 is 0 Å². The first-order valence-electron chi connectivity index (χ1n) is 9.70. The second kappa shape index (κ2) is 10.5. The van der Waals surface area contributed by atoms with Crippen LogP contribution in [0.3, 0.4) is 0 Å². The molecule has 0 aromatic carbocycles. The zero-order valence-electron chi connectivity index (χ0n) is 16.5. The molecule has 0 spiro atoms. The van der Waals surface area contributed by atoms with E-state index in [1.807, 2.05) is 6.92 Å². The fraction of sp³-hybridized carbons (Fsp3) is 0.737. The monoisotopic (exact) mass is 365 g/mol. The number of hydrogen-bond acceptors (Lipinski definition) is 5. The molecular formula is C19H35N5O2. The van der Waals surface area contributed by atoms with Crippen LogP contribution in [0, 0.1) is 0 Å². The second-order valence-corrected chi connectivity index (χ2v) is 7.23. The predicted molar refractivity (Wildman–Crippen MR) is 105 cm³/mol. The molecule has 1 fully saturated rings. The molecule has 1 aromatic heterocycles. The Morgan fingerprint density at radius 1 is 1.27 bits per heavy atom. The van der Waals surface area contributed by atoms with Crippen molar-refractivity contribution in [2.24, 2.45) is 4.99 Å². The Kier molecular flexibility index (Phi) is 8.41. The maximum absolute atomic E-state index is 10.5. The van der Waals surface area contributed by atoms with Crippen molar-refractivity contribution in [1.29, 1.82) is 0 Å². The summed E-state index contributed by atoms with van der Waals surface area (Å²) < 4.78 is 5.30. The van der Waals surface area contributed by atoms with Crippen LogP contribution in [0.1, 0.15) is 32.4 Å². The minimum absolute atomic E-state index is 0.247. The van der Waals surface area contributed by atoms with Gasteiger partial charge < -0.3 is 30.0 Å². The van der Waals surface area contributed by atoms with Gasteiger partial charge in [0.2, 0.25) is 0 Å². The van der Waals surface area contributed by atoms with E-state index < -0.39 is 5.60 Å². The first-order chi connectivity index (χ1) is 12.5. The second-order valence-electron chi connectivity index (χ2n) is 7.23. The van der Waals surface area contributed by atoms with Crippen LogP contribution in [0.5, 0.6) is 0 Å². The van der Waals surface area contributed by atoms with Crippen molar-refractivity contribution in [1.82, 2.24) is 20.4 Å². The highest BCUT2D eigenvalue weighted by Crippen LogP contribution is 2.20. The quantitative estimate of drug-likeness (QED) is 0.345. The fourth-order valence-corrected chi connectivity index (χ4v) is 2.98. The lowest BCUT2D eigenvalue weighted by atomic mass is 10.0. The van der Waals surface area contributed by atoms with Crippen LogP contribution in [-0.4, -0.2) is 80.3 Å². The van der Waals surface area contributed by atoms with Crippen LogP contribution in [0.2, 0.25) is 0 Å². The van der Waals surface area contributed by atoms with E-state index in [9.17, 15) is 5.11 Å². The van der Waals surface area contributed by atoms with Crippen LogP contribution >= 0.6 is 0 Å². The average molecular weight is 366 g/mol. The molecule has 1 aromatic rings. The zero-order valence-corrected chi connectivity index (χ0v) is 16.5. The van der Waals surface area contributed by atoms with Gasteiger partial charge in [0.25, 0.3) is 0 Å². The Bertz CT molecular complexity index is 522. The summed E-state index contributed by atoms with van der Waals surface area (Å²) >= 11 is 0. The lowest BCUT2D eigenvalue weighted by molar-refractivity contribution is 0.0437. The van der Waals surface area contributed by atoms with E-state index in [0.717, 1.165) is 32.0 Å². The highest BCUT2D eigenvalue weighted by molar-refractivity contribution is 5.79. The number of likely N-dealkylation sites (N-methyl/N-ethyl adjacent to an activating group) is 1. The van der Waals surface area contributed by atoms with E-state index in [4.69, 9.17) is 4.42 Å². The van der Waals surface area contributed by atoms with Gasteiger partial charge in [-0.25, -0.2) is 4.99 Å². The van der Waals surface area contributed by atoms with E-state index >= 15 is 0 Å². The molecular weight excluding hydrogens is 330 g/mol. The van der Waals surface area contributed by atoms with Gasteiger partial charge in [-0.05, 0) is 52.4 Å². The third-order valence-electron chi connectivity index (χ3n) is 4.73. The highest BCUT2D eigenvalue weighted by atomic mass is 16.4. The number of nitrogens with zero attached hydrogens (tertiary/aromatic N) is 3. The van der Waals surface area contributed by atoms with Gasteiger partial charge in [-0.1, -0.05) is 0 Å². The number of nitrogens with one attached hydrogen (secondary N) is 2. The van der Waals surface area contributed by atoms with Crippen molar-refractivity contribution in [2.75, 3.05) is 59.4 Å². The number of guanidine groups is 1. The van der Waals surface area contributed by atoms with Gasteiger partial charge in [0, 0.05) is 39.3 Å². The summed E-state index contributed by atoms with van der Waals surface area (Å²) in [7, 11) is 2.19. The summed E-state index contributed by atoms with van der Waals surface area (Å²) in [4.78, 5) is 9.43. The maximum atomic E-state index is 10.5. The van der Waals surface area contributed by atoms with Gasteiger partial charge in [-0.2, -0.15) is 0 Å². The van der Waals surface area contributed by atoms with Crippen molar-refractivity contribution in [2.45, 2.75) is 32.3 Å². The molecule has 1 saturated heterocycles. The molecule has 3 N–H and O–H groups in total. The third kappa shape index (κ3) is 6.97. The van der Waals surface area contributed by atoms with Gasteiger partial charge in [0.05, 0.1) is 12.8 Å². The van der Waals surface area contributed by atoms with Crippen LogP contribution in [0.15, 0.2) is 27.8 Å². The average Bonchev–Trinajstić information content (AvgIpc) is 3.16. The largest absolute Gasteiger partial charge is 0.466 e. The molecule has 26 heavy (non-hydrogen) atoms. The van der Waals surface area contributed by atoms with Gasteiger partial charge in [-0.15, -0.1) is 0 Å². The molecule has 1 aliphatic rings. The van der Waals surface area contributed by atoms with E-state index in [-0.39, 0.29) is 6.54 Å². The molecule has 0 saturated carbocycles. The topological polar surface area (TPSA) is 76.3 Å². The smallest absolute Gasteiger partial charge is 0.191 e. The standard InChI is InChI=1S/C19H35N5O2/c1-4-20-18(22-16-19(2,25)17-8-7-15-26-17)21-9-5-6-10-24-13-11-23(3)12-14-24/h7-8,15,25H,4-6,9-14,16H2,1-3H3,(H2,20,21,22). The first kappa shape index (κ1) is 20.7. The number of furan rings is 1. The van der Waals surface area contributed by atoms with Crippen molar-refractivity contribution >= 4 is 5.96 Å². The Labute approximate surface area is 157 Å². The van der Waals surface area contributed by atoms with Crippen LogP contribution in [0.25, 0.3) is 0 Å². The predicted octanol–water partition coefficient (Wildman–Crippen LogP) is 1.07. The molecule has 0 radical (unpaired) electrons. The minimum Gasteiger partial charge on any atom is -0.466 e. The third-order valence-corrected chi connectivity index (χ3v) is 4.73. The molecule has 7 nitrogen and oxygen atoms in total. The first-order valence-corrected chi connectivity index (χ1v) is 9.70. The Morgan fingerprint density at radius 2 is 2.04 bits per heavy atom. The number of rotatable bonds is 9. The Hall–Kier alpha value is -1.57. The molecule has 2 heterocycles. The van der Waals surface area contributed by atoms with Crippen molar-refractivity contribution < 1.29 is 9.52 Å². The van der Waals surface area contributed by atoms with E-state index in [2.05, 4.69) is 32.5 Å². The summed E-state index contributed by atoms with van der Waals surface area (Å²) in [5.74, 6) is 1.27. The SMILES string of the molecule is CCNC(=NCC(C)(O)c1ccco1)NCCCCN1CCN(C)CC1.